The highest BCUT2D eigenvalue weighted by molar-refractivity contribution is 6.43. The first-order valence-corrected chi connectivity index (χ1v) is 7.82. The number of rotatable bonds is 4. The molecule has 0 saturated heterocycles. The molecule has 0 aliphatic rings. The second kappa shape index (κ2) is 7.04. The Morgan fingerprint density at radius 3 is 2.30 bits per heavy atom. The maximum atomic E-state index is 6.15. The molecule has 2 aromatic carbocycles. The highest BCUT2D eigenvalue weighted by Crippen LogP contribution is 2.31. The Balaban J connectivity index is 1.83. The molecule has 3 rings (SSSR count). The van der Waals surface area contributed by atoms with Crippen molar-refractivity contribution >= 4 is 57.9 Å². The van der Waals surface area contributed by atoms with E-state index >= 15 is 0 Å². The monoisotopic (exact) mass is 364 g/mol. The molecule has 2 N–H and O–H groups in total. The molecule has 0 aliphatic heterocycles. The minimum atomic E-state index is 0.395. The van der Waals surface area contributed by atoms with Gasteiger partial charge < -0.3 is 10.6 Å². The van der Waals surface area contributed by atoms with E-state index in [0.717, 1.165) is 5.69 Å². The summed E-state index contributed by atoms with van der Waals surface area (Å²) in [6.07, 6.45) is 1.63. The third-order valence-electron chi connectivity index (χ3n) is 2.99. The van der Waals surface area contributed by atoms with Crippen LogP contribution in [-0.4, -0.2) is 9.97 Å². The molecule has 0 spiro atoms. The van der Waals surface area contributed by atoms with Crippen molar-refractivity contribution in [2.45, 2.75) is 0 Å². The largest absolute Gasteiger partial charge is 0.339 e. The summed E-state index contributed by atoms with van der Waals surface area (Å²) >= 11 is 18.3. The zero-order valence-corrected chi connectivity index (χ0v) is 14.0. The first-order valence-electron chi connectivity index (χ1n) is 6.69. The normalized spacial score (nSPS) is 10.4. The quantitative estimate of drug-likeness (QED) is 0.602. The third kappa shape index (κ3) is 3.85. The molecular formula is C16H11Cl3N4. The van der Waals surface area contributed by atoms with E-state index in [4.69, 9.17) is 34.8 Å². The van der Waals surface area contributed by atoms with Crippen LogP contribution in [0, 0.1) is 0 Å². The minimum absolute atomic E-state index is 0.395. The molecule has 116 valence electrons. The number of hydrogen-bond acceptors (Lipinski definition) is 4. The number of nitrogens with zero attached hydrogens (tertiary/aromatic N) is 2. The van der Waals surface area contributed by atoms with Gasteiger partial charge in [0.15, 0.2) is 0 Å². The van der Waals surface area contributed by atoms with Crippen LogP contribution < -0.4 is 10.6 Å². The fourth-order valence-electron chi connectivity index (χ4n) is 1.91. The van der Waals surface area contributed by atoms with Gasteiger partial charge in [0.25, 0.3) is 0 Å². The Kier molecular flexibility index (Phi) is 4.86. The SMILES string of the molecule is Clc1ccccc1Nc1ccnc(Nc2cccc(Cl)c2Cl)n1. The lowest BCUT2D eigenvalue weighted by atomic mass is 10.3. The van der Waals surface area contributed by atoms with Crippen molar-refractivity contribution in [3.63, 3.8) is 0 Å². The second-order valence-corrected chi connectivity index (χ2v) is 5.79. The number of hydrogen-bond donors (Lipinski definition) is 2. The van der Waals surface area contributed by atoms with E-state index in [2.05, 4.69) is 20.6 Å². The standard InChI is InChI=1S/C16H11Cl3N4/c17-10-4-1-2-6-12(10)21-14-8-9-20-16(23-14)22-13-7-3-5-11(18)15(13)19/h1-9H,(H2,20,21,22,23). The van der Waals surface area contributed by atoms with Crippen LogP contribution in [0.2, 0.25) is 15.1 Å². The number of aromatic nitrogens is 2. The molecule has 4 nitrogen and oxygen atoms in total. The lowest BCUT2D eigenvalue weighted by Gasteiger charge is -2.10. The average Bonchev–Trinajstić information content (AvgIpc) is 2.55. The van der Waals surface area contributed by atoms with Crippen molar-refractivity contribution in [3.05, 3.63) is 69.8 Å². The summed E-state index contributed by atoms with van der Waals surface area (Å²) in [5.74, 6) is 1.000. The van der Waals surface area contributed by atoms with E-state index < -0.39 is 0 Å². The van der Waals surface area contributed by atoms with Gasteiger partial charge in [-0.15, -0.1) is 0 Å². The van der Waals surface area contributed by atoms with Gasteiger partial charge in [0.2, 0.25) is 5.95 Å². The summed E-state index contributed by atoms with van der Waals surface area (Å²) in [6, 6.07) is 14.5. The number of halogens is 3. The van der Waals surface area contributed by atoms with E-state index in [0.29, 0.717) is 32.5 Å². The fourth-order valence-corrected chi connectivity index (χ4v) is 2.44. The van der Waals surface area contributed by atoms with Crippen LogP contribution in [0.3, 0.4) is 0 Å². The van der Waals surface area contributed by atoms with Gasteiger partial charge in [0.1, 0.15) is 5.82 Å². The lowest BCUT2D eigenvalue weighted by Crippen LogP contribution is -2.01. The van der Waals surface area contributed by atoms with Crippen molar-refractivity contribution < 1.29 is 0 Å². The molecule has 0 amide bonds. The van der Waals surface area contributed by atoms with E-state index in [-0.39, 0.29) is 0 Å². The molecule has 7 heteroatoms. The molecule has 1 heterocycles. The maximum absolute atomic E-state index is 6.15. The zero-order valence-electron chi connectivity index (χ0n) is 11.7. The predicted molar refractivity (Wildman–Crippen MR) is 96.5 cm³/mol. The Morgan fingerprint density at radius 1 is 0.739 bits per heavy atom. The van der Waals surface area contributed by atoms with Crippen LogP contribution in [0.15, 0.2) is 54.7 Å². The fraction of sp³-hybridized carbons (Fsp3) is 0. The average molecular weight is 366 g/mol. The molecule has 0 atom stereocenters. The molecule has 0 unspecified atom stereocenters. The summed E-state index contributed by atoms with van der Waals surface area (Å²) in [5, 5.41) is 7.67. The van der Waals surface area contributed by atoms with Crippen LogP contribution in [0.25, 0.3) is 0 Å². The Bertz CT molecular complexity index is 839. The topological polar surface area (TPSA) is 49.8 Å². The summed E-state index contributed by atoms with van der Waals surface area (Å²) in [4.78, 5) is 8.55. The van der Waals surface area contributed by atoms with E-state index in [9.17, 15) is 0 Å². The Labute approximate surface area is 148 Å². The number of benzene rings is 2. The Hall–Kier alpha value is -2.01. The summed E-state index contributed by atoms with van der Waals surface area (Å²) in [7, 11) is 0. The molecule has 1 aromatic heterocycles. The molecule has 0 bridgehead atoms. The summed E-state index contributed by atoms with van der Waals surface area (Å²) < 4.78 is 0. The molecule has 0 aliphatic carbocycles. The van der Waals surface area contributed by atoms with Gasteiger partial charge in [-0.25, -0.2) is 4.98 Å². The zero-order chi connectivity index (χ0) is 16.2. The Morgan fingerprint density at radius 2 is 1.48 bits per heavy atom. The van der Waals surface area contributed by atoms with E-state index in [1.807, 2.05) is 18.2 Å². The third-order valence-corrected chi connectivity index (χ3v) is 4.14. The van der Waals surface area contributed by atoms with Crippen molar-refractivity contribution in [1.29, 1.82) is 0 Å². The van der Waals surface area contributed by atoms with Gasteiger partial charge in [-0.3, -0.25) is 0 Å². The van der Waals surface area contributed by atoms with Crippen LogP contribution in [0.4, 0.5) is 23.1 Å². The van der Waals surface area contributed by atoms with Gasteiger partial charge in [-0.1, -0.05) is 53.0 Å². The van der Waals surface area contributed by atoms with Crippen molar-refractivity contribution in [2.24, 2.45) is 0 Å². The first kappa shape index (κ1) is 15.9. The summed E-state index contributed by atoms with van der Waals surface area (Å²) in [6.45, 7) is 0. The molecule has 3 aromatic rings. The molecule has 0 fully saturated rings. The van der Waals surface area contributed by atoms with Gasteiger partial charge in [0, 0.05) is 6.20 Å². The van der Waals surface area contributed by atoms with Gasteiger partial charge in [-0.05, 0) is 30.3 Å². The number of anilines is 4. The second-order valence-electron chi connectivity index (χ2n) is 4.60. The highest BCUT2D eigenvalue weighted by Gasteiger charge is 2.07. The van der Waals surface area contributed by atoms with E-state index in [1.54, 1.807) is 36.5 Å². The number of nitrogens with one attached hydrogen (secondary N) is 2. The van der Waals surface area contributed by atoms with Crippen molar-refractivity contribution in [1.82, 2.24) is 9.97 Å². The van der Waals surface area contributed by atoms with Crippen LogP contribution in [0.5, 0.6) is 0 Å². The smallest absolute Gasteiger partial charge is 0.229 e. The molecule has 23 heavy (non-hydrogen) atoms. The van der Waals surface area contributed by atoms with Gasteiger partial charge >= 0.3 is 0 Å². The van der Waals surface area contributed by atoms with Crippen LogP contribution >= 0.6 is 34.8 Å². The van der Waals surface area contributed by atoms with E-state index in [1.165, 1.54) is 0 Å². The number of para-hydroxylation sites is 1. The maximum Gasteiger partial charge on any atom is 0.229 e. The van der Waals surface area contributed by atoms with Crippen LogP contribution in [0.1, 0.15) is 0 Å². The molecule has 0 radical (unpaired) electrons. The lowest BCUT2D eigenvalue weighted by molar-refractivity contribution is 1.17. The first-order chi connectivity index (χ1) is 11.1. The van der Waals surface area contributed by atoms with Crippen molar-refractivity contribution in [3.8, 4) is 0 Å². The summed E-state index contributed by atoms with van der Waals surface area (Å²) in [5.41, 5.74) is 1.40. The molecular weight excluding hydrogens is 355 g/mol. The van der Waals surface area contributed by atoms with Gasteiger partial charge in [0.05, 0.1) is 26.4 Å². The highest BCUT2D eigenvalue weighted by atomic mass is 35.5. The molecule has 0 saturated carbocycles. The van der Waals surface area contributed by atoms with Gasteiger partial charge in [-0.2, -0.15) is 4.98 Å². The van der Waals surface area contributed by atoms with Crippen LogP contribution in [-0.2, 0) is 0 Å². The predicted octanol–water partition coefficient (Wildman–Crippen LogP) is 5.92. The minimum Gasteiger partial charge on any atom is -0.339 e. The van der Waals surface area contributed by atoms with Crippen molar-refractivity contribution in [2.75, 3.05) is 10.6 Å².